The average Bonchev–Trinajstić information content (AvgIpc) is 2.70. The summed E-state index contributed by atoms with van der Waals surface area (Å²) in [5, 5.41) is 10.5. The lowest BCUT2D eigenvalue weighted by atomic mass is 10.00. The fourth-order valence-electron chi connectivity index (χ4n) is 3.76. The molecule has 0 bridgehead atoms. The van der Waals surface area contributed by atoms with E-state index >= 15 is 0 Å². The Labute approximate surface area is 159 Å². The molecule has 0 saturated heterocycles. The normalized spacial score (nSPS) is 15.3. The van der Waals surface area contributed by atoms with Crippen molar-refractivity contribution in [2.45, 2.75) is 25.6 Å². The fourth-order valence-corrected chi connectivity index (χ4v) is 3.76. The van der Waals surface area contributed by atoms with Crippen molar-refractivity contribution < 1.29 is 5.11 Å². The minimum absolute atomic E-state index is 0.0839. The minimum Gasteiger partial charge on any atom is -0.390 e. The lowest BCUT2D eigenvalue weighted by molar-refractivity contribution is 0.0910. The predicted molar refractivity (Wildman–Crippen MR) is 108 cm³/mol. The molecule has 27 heavy (non-hydrogen) atoms. The maximum Gasteiger partial charge on any atom is 0.251 e. The summed E-state index contributed by atoms with van der Waals surface area (Å²) < 4.78 is 1.59. The first kappa shape index (κ1) is 17.7. The SMILES string of the molecule is O=c1cc(-c2ccccc2)ccn1CC(O)CN1CCc2ccccc2C1. The number of fused-ring (bicyclic) bond motifs is 1. The van der Waals surface area contributed by atoms with Gasteiger partial charge in [-0.15, -0.1) is 0 Å². The van der Waals surface area contributed by atoms with Gasteiger partial charge in [-0.2, -0.15) is 0 Å². The quantitative estimate of drug-likeness (QED) is 0.761. The Balaban J connectivity index is 1.40. The number of pyridine rings is 1. The number of rotatable bonds is 5. The Bertz CT molecular complexity index is 965. The van der Waals surface area contributed by atoms with Crippen LogP contribution in [0, 0.1) is 0 Å². The summed E-state index contributed by atoms with van der Waals surface area (Å²) in [5.41, 5.74) is 4.57. The van der Waals surface area contributed by atoms with Gasteiger partial charge < -0.3 is 9.67 Å². The van der Waals surface area contributed by atoms with E-state index in [4.69, 9.17) is 0 Å². The molecule has 1 aromatic heterocycles. The van der Waals surface area contributed by atoms with Crippen molar-refractivity contribution >= 4 is 0 Å². The molecule has 1 unspecified atom stereocenters. The molecule has 1 aliphatic rings. The number of aliphatic hydroxyl groups excluding tert-OH is 1. The molecule has 2 heterocycles. The van der Waals surface area contributed by atoms with Crippen LogP contribution in [0.5, 0.6) is 0 Å². The monoisotopic (exact) mass is 360 g/mol. The molecule has 1 N–H and O–H groups in total. The van der Waals surface area contributed by atoms with E-state index in [9.17, 15) is 9.90 Å². The van der Waals surface area contributed by atoms with Crippen molar-refractivity contribution in [3.63, 3.8) is 0 Å². The standard InChI is InChI=1S/C23H24N2O2/c26-22(16-24-12-10-19-8-4-5-9-21(19)15-24)17-25-13-11-20(14-23(25)27)18-6-2-1-3-7-18/h1-9,11,13-14,22,26H,10,12,15-17H2. The molecule has 4 rings (SSSR count). The Morgan fingerprint density at radius 2 is 1.63 bits per heavy atom. The first-order valence-corrected chi connectivity index (χ1v) is 9.42. The Morgan fingerprint density at radius 1 is 0.889 bits per heavy atom. The third-order valence-electron chi connectivity index (χ3n) is 5.19. The van der Waals surface area contributed by atoms with E-state index in [1.165, 1.54) is 11.1 Å². The van der Waals surface area contributed by atoms with Crippen LogP contribution < -0.4 is 5.56 Å². The zero-order valence-electron chi connectivity index (χ0n) is 15.3. The Hall–Kier alpha value is -2.69. The van der Waals surface area contributed by atoms with E-state index in [0.717, 1.165) is 30.6 Å². The van der Waals surface area contributed by atoms with E-state index in [-0.39, 0.29) is 5.56 Å². The van der Waals surface area contributed by atoms with Gasteiger partial charge in [0.1, 0.15) is 0 Å². The van der Waals surface area contributed by atoms with Crippen LogP contribution in [0.25, 0.3) is 11.1 Å². The van der Waals surface area contributed by atoms with Gasteiger partial charge in [0.15, 0.2) is 0 Å². The number of benzene rings is 2. The molecular weight excluding hydrogens is 336 g/mol. The number of aromatic nitrogens is 1. The summed E-state index contributed by atoms with van der Waals surface area (Å²) >= 11 is 0. The van der Waals surface area contributed by atoms with Gasteiger partial charge in [0.25, 0.3) is 5.56 Å². The second kappa shape index (κ2) is 7.91. The highest BCUT2D eigenvalue weighted by atomic mass is 16.3. The topological polar surface area (TPSA) is 45.5 Å². The zero-order valence-corrected chi connectivity index (χ0v) is 15.3. The first-order chi connectivity index (χ1) is 13.2. The molecule has 0 amide bonds. The van der Waals surface area contributed by atoms with Crippen LogP contribution in [0.15, 0.2) is 77.7 Å². The van der Waals surface area contributed by atoms with Crippen LogP contribution in [0.2, 0.25) is 0 Å². The van der Waals surface area contributed by atoms with E-state index in [1.807, 2.05) is 36.4 Å². The highest BCUT2D eigenvalue weighted by Gasteiger charge is 2.18. The van der Waals surface area contributed by atoms with Crippen molar-refractivity contribution in [2.75, 3.05) is 13.1 Å². The summed E-state index contributed by atoms with van der Waals surface area (Å²) in [6, 6.07) is 21.9. The maximum atomic E-state index is 12.4. The van der Waals surface area contributed by atoms with Gasteiger partial charge in [-0.25, -0.2) is 0 Å². The van der Waals surface area contributed by atoms with Crippen LogP contribution in [0.3, 0.4) is 0 Å². The van der Waals surface area contributed by atoms with Gasteiger partial charge in [0, 0.05) is 31.9 Å². The van der Waals surface area contributed by atoms with E-state index < -0.39 is 6.10 Å². The largest absolute Gasteiger partial charge is 0.390 e. The molecule has 1 atom stereocenters. The molecule has 3 aromatic rings. The number of β-amino-alcohol motifs (C(OH)–C–C–N with tert-alkyl or cyclic N) is 1. The molecule has 2 aromatic carbocycles. The summed E-state index contributed by atoms with van der Waals surface area (Å²) in [6.45, 7) is 2.68. The second-order valence-corrected chi connectivity index (χ2v) is 7.18. The lowest BCUT2D eigenvalue weighted by Gasteiger charge is -2.30. The van der Waals surface area contributed by atoms with Gasteiger partial charge in [0.05, 0.1) is 12.6 Å². The van der Waals surface area contributed by atoms with Gasteiger partial charge in [-0.1, -0.05) is 54.6 Å². The number of nitrogens with zero attached hydrogens (tertiary/aromatic N) is 2. The third kappa shape index (κ3) is 4.18. The van der Waals surface area contributed by atoms with Crippen LogP contribution in [0.4, 0.5) is 0 Å². The molecule has 1 aliphatic heterocycles. The van der Waals surface area contributed by atoms with E-state index in [0.29, 0.717) is 13.1 Å². The molecule has 0 saturated carbocycles. The molecule has 138 valence electrons. The smallest absolute Gasteiger partial charge is 0.251 e. The molecule has 0 aliphatic carbocycles. The number of hydrogen-bond acceptors (Lipinski definition) is 3. The molecule has 0 fully saturated rings. The van der Waals surface area contributed by atoms with Crippen LogP contribution in [-0.4, -0.2) is 33.8 Å². The van der Waals surface area contributed by atoms with Gasteiger partial charge in [0.2, 0.25) is 0 Å². The molecular formula is C23H24N2O2. The van der Waals surface area contributed by atoms with E-state index in [1.54, 1.807) is 16.8 Å². The van der Waals surface area contributed by atoms with Crippen molar-refractivity contribution in [1.82, 2.24) is 9.47 Å². The van der Waals surface area contributed by atoms with Crippen LogP contribution in [-0.2, 0) is 19.5 Å². The van der Waals surface area contributed by atoms with Gasteiger partial charge in [-0.05, 0) is 34.7 Å². The van der Waals surface area contributed by atoms with E-state index in [2.05, 4.69) is 29.2 Å². The summed E-state index contributed by atoms with van der Waals surface area (Å²) in [7, 11) is 0. The number of hydrogen-bond donors (Lipinski definition) is 1. The summed E-state index contributed by atoms with van der Waals surface area (Å²) in [5.74, 6) is 0. The predicted octanol–water partition coefficient (Wildman–Crippen LogP) is 2.93. The van der Waals surface area contributed by atoms with Crippen molar-refractivity contribution in [3.8, 4) is 11.1 Å². The molecule has 4 heteroatoms. The minimum atomic E-state index is -0.574. The molecule has 0 spiro atoms. The molecule has 4 nitrogen and oxygen atoms in total. The van der Waals surface area contributed by atoms with Crippen molar-refractivity contribution in [2.24, 2.45) is 0 Å². The van der Waals surface area contributed by atoms with Crippen LogP contribution >= 0.6 is 0 Å². The van der Waals surface area contributed by atoms with Gasteiger partial charge >= 0.3 is 0 Å². The fraction of sp³-hybridized carbons (Fsp3) is 0.261. The van der Waals surface area contributed by atoms with Crippen molar-refractivity contribution in [1.29, 1.82) is 0 Å². The van der Waals surface area contributed by atoms with Crippen LogP contribution in [0.1, 0.15) is 11.1 Å². The lowest BCUT2D eigenvalue weighted by Crippen LogP contribution is -2.39. The van der Waals surface area contributed by atoms with Crippen molar-refractivity contribution in [3.05, 3.63) is 94.4 Å². The first-order valence-electron chi connectivity index (χ1n) is 9.42. The third-order valence-corrected chi connectivity index (χ3v) is 5.19. The summed E-state index contributed by atoms with van der Waals surface area (Å²) in [4.78, 5) is 14.7. The Morgan fingerprint density at radius 3 is 2.41 bits per heavy atom. The van der Waals surface area contributed by atoms with Gasteiger partial charge in [-0.3, -0.25) is 9.69 Å². The Kier molecular flexibility index (Phi) is 5.19. The average molecular weight is 360 g/mol. The number of aliphatic hydroxyl groups is 1. The summed E-state index contributed by atoms with van der Waals surface area (Å²) in [6.07, 6.45) is 2.21. The highest BCUT2D eigenvalue weighted by molar-refractivity contribution is 5.62. The molecule has 0 radical (unpaired) electrons. The zero-order chi connectivity index (χ0) is 18.6. The highest BCUT2D eigenvalue weighted by Crippen LogP contribution is 2.19. The second-order valence-electron chi connectivity index (χ2n) is 7.18. The maximum absolute atomic E-state index is 12.4.